The summed E-state index contributed by atoms with van der Waals surface area (Å²) in [5.41, 5.74) is 1.46. The Labute approximate surface area is 140 Å². The summed E-state index contributed by atoms with van der Waals surface area (Å²) in [7, 11) is 0. The third-order valence-corrected chi connectivity index (χ3v) is 4.86. The number of thiocarbonyl (C=S) groups is 1. The van der Waals surface area contributed by atoms with Gasteiger partial charge in [-0.25, -0.2) is 4.39 Å². The van der Waals surface area contributed by atoms with Gasteiger partial charge in [0.25, 0.3) is 0 Å². The van der Waals surface area contributed by atoms with E-state index in [-0.39, 0.29) is 11.2 Å². The molecule has 1 aliphatic heterocycles. The minimum absolute atomic E-state index is 0.0280. The lowest BCUT2D eigenvalue weighted by atomic mass is 9.67. The molecule has 1 heterocycles. The van der Waals surface area contributed by atoms with Crippen molar-refractivity contribution in [1.82, 2.24) is 5.32 Å². The van der Waals surface area contributed by atoms with Crippen molar-refractivity contribution in [2.45, 2.75) is 32.6 Å². The van der Waals surface area contributed by atoms with E-state index in [1.54, 1.807) is 18.2 Å². The number of hydrogen-bond donors (Lipinski definition) is 1. The third-order valence-electron chi connectivity index (χ3n) is 4.50. The van der Waals surface area contributed by atoms with Gasteiger partial charge < -0.3 is 5.32 Å². The summed E-state index contributed by atoms with van der Waals surface area (Å²) in [5.74, 6) is -1.80. The number of benzene rings is 1. The minimum Gasteiger partial charge on any atom is -0.352 e. The lowest BCUT2D eigenvalue weighted by Crippen LogP contribution is -2.44. The van der Waals surface area contributed by atoms with Crippen molar-refractivity contribution in [3.05, 3.63) is 46.9 Å². The average Bonchev–Trinajstić information content (AvgIpc) is 2.45. The maximum absolute atomic E-state index is 14.3. The molecule has 5 heteroatoms. The fraction of sp³-hybridized carbons (Fsp3) is 0.389. The second-order valence-corrected chi connectivity index (χ2v) is 7.37. The monoisotopic (exact) mass is 328 g/mol. The second-order valence-electron chi connectivity index (χ2n) is 6.93. The average molecular weight is 328 g/mol. The largest absolute Gasteiger partial charge is 0.352 e. The van der Waals surface area contributed by atoms with Crippen LogP contribution < -0.4 is 5.32 Å². The normalized spacial score (nSPS) is 26.3. The number of Topliss-reactive ketones (excluding diaryl/α,β-unsaturated/α-hetero) is 1. The number of nitrogens with zero attached hydrogens (tertiary/aromatic N) is 1. The van der Waals surface area contributed by atoms with E-state index in [1.807, 2.05) is 13.8 Å². The SMILES string of the molecule is CC1(C)CC(=O)C2=C(C1)NC(=S)C(C#N)C2c1ccccc1F. The molecule has 0 saturated carbocycles. The van der Waals surface area contributed by atoms with E-state index in [1.165, 1.54) is 6.07 Å². The molecule has 1 aromatic rings. The van der Waals surface area contributed by atoms with Gasteiger partial charge in [0, 0.05) is 23.6 Å². The highest BCUT2D eigenvalue weighted by atomic mass is 32.1. The highest BCUT2D eigenvalue weighted by Crippen LogP contribution is 2.46. The fourth-order valence-electron chi connectivity index (χ4n) is 3.55. The molecule has 23 heavy (non-hydrogen) atoms. The van der Waals surface area contributed by atoms with Gasteiger partial charge in [0.1, 0.15) is 11.7 Å². The number of hydrogen-bond acceptors (Lipinski definition) is 3. The third kappa shape index (κ3) is 2.68. The standard InChI is InChI=1S/C18H17FN2OS/c1-18(2)7-13-16(14(22)8-18)15(11(9-20)17(23)21-13)10-5-3-4-6-12(10)19/h3-6,11,15H,7-8H2,1-2H3,(H,21,23). The van der Waals surface area contributed by atoms with Gasteiger partial charge in [0.05, 0.1) is 11.1 Å². The van der Waals surface area contributed by atoms with E-state index in [0.717, 1.165) is 5.70 Å². The molecule has 1 aliphatic carbocycles. The zero-order valence-corrected chi connectivity index (χ0v) is 13.8. The zero-order chi connectivity index (χ0) is 16.8. The fourth-order valence-corrected chi connectivity index (χ4v) is 3.86. The number of carbonyl (C=O) groups is 1. The van der Waals surface area contributed by atoms with Crippen LogP contribution in [0.25, 0.3) is 0 Å². The van der Waals surface area contributed by atoms with Crippen LogP contribution in [0.4, 0.5) is 4.39 Å². The Balaban J connectivity index is 2.21. The van der Waals surface area contributed by atoms with Crippen molar-refractivity contribution in [1.29, 1.82) is 5.26 Å². The van der Waals surface area contributed by atoms with E-state index < -0.39 is 17.7 Å². The van der Waals surface area contributed by atoms with Gasteiger partial charge in [0.2, 0.25) is 0 Å². The van der Waals surface area contributed by atoms with Crippen LogP contribution >= 0.6 is 12.2 Å². The Morgan fingerprint density at radius 3 is 2.70 bits per heavy atom. The molecular weight excluding hydrogens is 311 g/mol. The summed E-state index contributed by atoms with van der Waals surface area (Å²) in [6.07, 6.45) is 1.06. The van der Waals surface area contributed by atoms with Crippen molar-refractivity contribution in [3.8, 4) is 6.07 Å². The number of nitrogens with one attached hydrogen (secondary N) is 1. The minimum atomic E-state index is -0.731. The first-order chi connectivity index (χ1) is 10.8. The predicted molar refractivity (Wildman–Crippen MR) is 89.0 cm³/mol. The molecule has 0 fully saturated rings. The maximum atomic E-state index is 14.3. The van der Waals surface area contributed by atoms with Crippen LogP contribution in [0.15, 0.2) is 35.5 Å². The first kappa shape index (κ1) is 15.8. The molecular formula is C18H17FN2OS. The molecule has 0 bridgehead atoms. The van der Waals surface area contributed by atoms with Gasteiger partial charge in [-0.3, -0.25) is 4.79 Å². The van der Waals surface area contributed by atoms with Crippen molar-refractivity contribution in [2.75, 3.05) is 0 Å². The second kappa shape index (κ2) is 5.54. The molecule has 0 aromatic heterocycles. The van der Waals surface area contributed by atoms with Crippen molar-refractivity contribution in [2.24, 2.45) is 11.3 Å². The van der Waals surface area contributed by atoms with E-state index >= 15 is 0 Å². The Morgan fingerprint density at radius 1 is 1.35 bits per heavy atom. The molecule has 2 unspecified atom stereocenters. The lowest BCUT2D eigenvalue weighted by molar-refractivity contribution is -0.118. The highest BCUT2D eigenvalue weighted by molar-refractivity contribution is 7.80. The number of nitriles is 1. The number of rotatable bonds is 1. The summed E-state index contributed by atoms with van der Waals surface area (Å²) < 4.78 is 14.3. The Morgan fingerprint density at radius 2 is 2.04 bits per heavy atom. The first-order valence-electron chi connectivity index (χ1n) is 7.55. The molecule has 0 saturated heterocycles. The Hall–Kier alpha value is -2.06. The van der Waals surface area contributed by atoms with Crippen molar-refractivity contribution >= 4 is 23.0 Å². The topological polar surface area (TPSA) is 52.9 Å². The van der Waals surface area contributed by atoms with Crippen molar-refractivity contribution in [3.63, 3.8) is 0 Å². The van der Waals surface area contributed by atoms with E-state index in [4.69, 9.17) is 12.2 Å². The summed E-state index contributed by atoms with van der Waals surface area (Å²) in [4.78, 5) is 13.1. The van der Waals surface area contributed by atoms with Gasteiger partial charge in [-0.1, -0.05) is 44.3 Å². The molecule has 1 aromatic carbocycles. The van der Waals surface area contributed by atoms with Gasteiger partial charge in [-0.15, -0.1) is 0 Å². The molecule has 1 N–H and O–H groups in total. The van der Waals surface area contributed by atoms with Gasteiger partial charge in [0.15, 0.2) is 5.78 Å². The summed E-state index contributed by atoms with van der Waals surface area (Å²) in [5, 5.41) is 12.6. The quantitative estimate of drug-likeness (QED) is 0.800. The van der Waals surface area contributed by atoms with E-state index in [0.29, 0.717) is 29.0 Å². The molecule has 2 aliphatic rings. The van der Waals surface area contributed by atoms with Gasteiger partial charge >= 0.3 is 0 Å². The van der Waals surface area contributed by atoms with Gasteiger partial charge in [-0.05, 0) is 23.5 Å². The van der Waals surface area contributed by atoms with Crippen LogP contribution in [0.3, 0.4) is 0 Å². The summed E-state index contributed by atoms with van der Waals surface area (Å²) >= 11 is 5.33. The predicted octanol–water partition coefficient (Wildman–Crippen LogP) is 3.62. The van der Waals surface area contributed by atoms with E-state index in [9.17, 15) is 14.4 Å². The molecule has 3 nitrogen and oxygen atoms in total. The summed E-state index contributed by atoms with van der Waals surface area (Å²) in [6, 6.07) is 8.45. The van der Waals surface area contributed by atoms with Crippen molar-refractivity contribution < 1.29 is 9.18 Å². The smallest absolute Gasteiger partial charge is 0.161 e. The first-order valence-corrected chi connectivity index (χ1v) is 7.96. The molecule has 2 atom stereocenters. The maximum Gasteiger partial charge on any atom is 0.161 e. The van der Waals surface area contributed by atoms with Crippen LogP contribution in [0.1, 0.15) is 38.2 Å². The number of allylic oxidation sites excluding steroid dienone is 2. The van der Waals surface area contributed by atoms with Crippen LogP contribution in [0.2, 0.25) is 0 Å². The van der Waals surface area contributed by atoms with Crippen LogP contribution in [0, 0.1) is 28.5 Å². The number of ketones is 1. The van der Waals surface area contributed by atoms with Crippen LogP contribution in [0.5, 0.6) is 0 Å². The molecule has 118 valence electrons. The molecule has 0 radical (unpaired) electrons. The van der Waals surface area contributed by atoms with Gasteiger partial charge in [-0.2, -0.15) is 5.26 Å². The lowest BCUT2D eigenvalue weighted by Gasteiger charge is -2.40. The number of carbonyl (C=O) groups excluding carboxylic acids is 1. The Kier molecular flexibility index (Phi) is 3.81. The van der Waals surface area contributed by atoms with E-state index in [2.05, 4.69) is 11.4 Å². The summed E-state index contributed by atoms with van der Waals surface area (Å²) in [6.45, 7) is 4.04. The zero-order valence-electron chi connectivity index (χ0n) is 13.0. The molecule has 0 spiro atoms. The highest BCUT2D eigenvalue weighted by Gasteiger charge is 2.45. The molecule has 3 rings (SSSR count). The van der Waals surface area contributed by atoms with Crippen LogP contribution in [-0.4, -0.2) is 10.8 Å². The molecule has 0 amide bonds. The Bertz CT molecular complexity index is 775. The number of halogens is 1. The van der Waals surface area contributed by atoms with Crippen LogP contribution in [-0.2, 0) is 4.79 Å².